The lowest BCUT2D eigenvalue weighted by Crippen LogP contribution is -2.49. The second-order valence-electron chi connectivity index (χ2n) is 6.77. The van der Waals surface area contributed by atoms with E-state index in [4.69, 9.17) is 16.3 Å². The third-order valence-corrected chi connectivity index (χ3v) is 4.98. The van der Waals surface area contributed by atoms with Crippen molar-refractivity contribution in [2.24, 2.45) is 0 Å². The third-order valence-electron chi connectivity index (χ3n) is 4.73. The van der Waals surface area contributed by atoms with Gasteiger partial charge >= 0.3 is 0 Å². The minimum Gasteiger partial charge on any atom is -0.481 e. The summed E-state index contributed by atoms with van der Waals surface area (Å²) in [4.78, 5) is 26.4. The van der Waals surface area contributed by atoms with E-state index in [9.17, 15) is 14.0 Å². The van der Waals surface area contributed by atoms with Crippen LogP contribution in [0, 0.1) is 5.82 Å². The quantitative estimate of drug-likeness (QED) is 0.827. The van der Waals surface area contributed by atoms with Crippen LogP contribution in [0.25, 0.3) is 0 Å². The Morgan fingerprint density at radius 3 is 2.43 bits per heavy atom. The van der Waals surface area contributed by atoms with E-state index in [1.54, 1.807) is 48.2 Å². The van der Waals surface area contributed by atoms with Crippen LogP contribution in [0.5, 0.6) is 5.75 Å². The lowest BCUT2D eigenvalue weighted by atomic mass is 10.0. The molecule has 148 valence electrons. The number of hydrogen-bond donors (Lipinski definition) is 1. The number of rotatable bonds is 5. The fourth-order valence-electron chi connectivity index (χ4n) is 3.12. The van der Waals surface area contributed by atoms with Crippen molar-refractivity contribution in [2.45, 2.75) is 31.9 Å². The molecule has 5 nitrogen and oxygen atoms in total. The van der Waals surface area contributed by atoms with E-state index in [0.29, 0.717) is 36.7 Å². The third kappa shape index (κ3) is 5.01. The van der Waals surface area contributed by atoms with Crippen LogP contribution in [0.1, 0.15) is 30.1 Å². The predicted molar refractivity (Wildman–Crippen MR) is 105 cm³/mol. The molecule has 2 aromatic rings. The first-order valence-corrected chi connectivity index (χ1v) is 9.58. The molecule has 0 saturated carbocycles. The highest BCUT2D eigenvalue weighted by Gasteiger charge is 2.27. The first kappa shape index (κ1) is 20.1. The van der Waals surface area contributed by atoms with Crippen molar-refractivity contribution in [3.8, 4) is 5.75 Å². The van der Waals surface area contributed by atoms with Gasteiger partial charge < -0.3 is 15.0 Å². The average Bonchev–Trinajstić information content (AvgIpc) is 2.70. The maximum absolute atomic E-state index is 13.8. The molecule has 1 heterocycles. The Kier molecular flexibility index (Phi) is 6.52. The second kappa shape index (κ2) is 9.06. The van der Waals surface area contributed by atoms with Gasteiger partial charge in [-0.3, -0.25) is 9.59 Å². The molecule has 2 aromatic carbocycles. The van der Waals surface area contributed by atoms with Crippen molar-refractivity contribution in [1.82, 2.24) is 10.2 Å². The highest BCUT2D eigenvalue weighted by atomic mass is 35.5. The summed E-state index contributed by atoms with van der Waals surface area (Å²) in [5.41, 5.74) is 0.0787. The molecule has 3 rings (SSSR count). The summed E-state index contributed by atoms with van der Waals surface area (Å²) in [5, 5.41) is 3.56. The van der Waals surface area contributed by atoms with E-state index in [0.717, 1.165) is 0 Å². The molecule has 1 aliphatic heterocycles. The molecule has 1 unspecified atom stereocenters. The van der Waals surface area contributed by atoms with E-state index in [2.05, 4.69) is 5.32 Å². The van der Waals surface area contributed by atoms with Crippen LogP contribution in [0.15, 0.2) is 48.5 Å². The Labute approximate surface area is 168 Å². The standard InChI is InChI=1S/C21H22ClFN2O3/c1-14(28-17-8-6-15(22)7-9-17)20(26)24-16-10-12-25(13-11-16)21(27)18-4-2-3-5-19(18)23/h2-9,14,16H,10-13H2,1H3,(H,24,26). The summed E-state index contributed by atoms with van der Waals surface area (Å²) in [6, 6.07) is 12.7. The van der Waals surface area contributed by atoms with Gasteiger partial charge in [-0.25, -0.2) is 4.39 Å². The van der Waals surface area contributed by atoms with E-state index in [1.165, 1.54) is 12.1 Å². The van der Waals surface area contributed by atoms with Crippen LogP contribution in [-0.2, 0) is 4.79 Å². The van der Waals surface area contributed by atoms with E-state index in [-0.39, 0.29) is 23.4 Å². The smallest absolute Gasteiger partial charge is 0.260 e. The Morgan fingerprint density at radius 1 is 1.14 bits per heavy atom. The molecule has 0 radical (unpaired) electrons. The zero-order chi connectivity index (χ0) is 20.1. The lowest BCUT2D eigenvalue weighted by molar-refractivity contribution is -0.128. The number of ether oxygens (including phenoxy) is 1. The number of hydrogen-bond acceptors (Lipinski definition) is 3. The van der Waals surface area contributed by atoms with E-state index >= 15 is 0 Å². The number of carbonyl (C=O) groups is 2. The number of carbonyl (C=O) groups excluding carboxylic acids is 2. The maximum atomic E-state index is 13.8. The highest BCUT2D eigenvalue weighted by molar-refractivity contribution is 6.30. The first-order valence-electron chi connectivity index (χ1n) is 9.20. The Morgan fingerprint density at radius 2 is 1.79 bits per heavy atom. The molecule has 0 aliphatic carbocycles. The Hall–Kier alpha value is -2.60. The van der Waals surface area contributed by atoms with Crippen molar-refractivity contribution in [3.05, 3.63) is 64.9 Å². The number of amides is 2. The van der Waals surface area contributed by atoms with Crippen molar-refractivity contribution in [2.75, 3.05) is 13.1 Å². The largest absolute Gasteiger partial charge is 0.481 e. The minimum atomic E-state index is -0.653. The van der Waals surface area contributed by atoms with Crippen LogP contribution in [0.4, 0.5) is 4.39 Å². The van der Waals surface area contributed by atoms with E-state index < -0.39 is 11.9 Å². The van der Waals surface area contributed by atoms with Gasteiger partial charge in [-0.15, -0.1) is 0 Å². The van der Waals surface area contributed by atoms with Crippen molar-refractivity contribution >= 4 is 23.4 Å². The van der Waals surface area contributed by atoms with Crippen LogP contribution < -0.4 is 10.1 Å². The maximum Gasteiger partial charge on any atom is 0.260 e. The van der Waals surface area contributed by atoms with Gasteiger partial charge in [0.05, 0.1) is 5.56 Å². The molecule has 1 aliphatic rings. The van der Waals surface area contributed by atoms with Gasteiger partial charge in [0.25, 0.3) is 11.8 Å². The summed E-state index contributed by atoms with van der Waals surface area (Å²) < 4.78 is 19.4. The first-order chi connectivity index (χ1) is 13.4. The van der Waals surface area contributed by atoms with Gasteiger partial charge in [-0.05, 0) is 56.2 Å². The SMILES string of the molecule is CC(Oc1ccc(Cl)cc1)C(=O)NC1CCN(C(=O)c2ccccc2F)CC1. The molecule has 1 N–H and O–H groups in total. The molecule has 1 saturated heterocycles. The van der Waals surface area contributed by atoms with Crippen molar-refractivity contribution in [1.29, 1.82) is 0 Å². The Balaban J connectivity index is 1.48. The number of benzene rings is 2. The van der Waals surface area contributed by atoms with Gasteiger partial charge in [0, 0.05) is 24.2 Å². The summed E-state index contributed by atoms with van der Waals surface area (Å²) in [7, 11) is 0. The van der Waals surface area contributed by atoms with Crippen LogP contribution >= 0.6 is 11.6 Å². The van der Waals surface area contributed by atoms with Gasteiger partial charge in [0.2, 0.25) is 0 Å². The molecule has 0 spiro atoms. The summed E-state index contributed by atoms with van der Waals surface area (Å²) in [6.45, 7) is 2.61. The molecule has 1 fully saturated rings. The van der Waals surface area contributed by atoms with Gasteiger partial charge in [0.1, 0.15) is 11.6 Å². The van der Waals surface area contributed by atoms with Crippen molar-refractivity contribution < 1.29 is 18.7 Å². The molecular formula is C21H22ClFN2O3. The van der Waals surface area contributed by atoms with Gasteiger partial charge in [-0.2, -0.15) is 0 Å². The molecule has 0 aromatic heterocycles. The summed E-state index contributed by atoms with van der Waals surface area (Å²) in [5.74, 6) is -0.482. The number of piperidine rings is 1. The molecule has 7 heteroatoms. The normalized spacial score (nSPS) is 15.8. The molecule has 1 atom stereocenters. The zero-order valence-corrected chi connectivity index (χ0v) is 16.3. The van der Waals surface area contributed by atoms with E-state index in [1.807, 2.05) is 0 Å². The average molecular weight is 405 g/mol. The number of nitrogens with one attached hydrogen (secondary N) is 1. The lowest BCUT2D eigenvalue weighted by Gasteiger charge is -2.33. The molecule has 0 bridgehead atoms. The zero-order valence-electron chi connectivity index (χ0n) is 15.5. The summed E-state index contributed by atoms with van der Waals surface area (Å²) >= 11 is 5.84. The molecular weight excluding hydrogens is 383 g/mol. The topological polar surface area (TPSA) is 58.6 Å². The second-order valence-corrected chi connectivity index (χ2v) is 7.21. The monoisotopic (exact) mass is 404 g/mol. The number of halogens is 2. The van der Waals surface area contributed by atoms with Gasteiger partial charge in [0.15, 0.2) is 6.10 Å². The number of likely N-dealkylation sites (tertiary alicyclic amines) is 1. The van der Waals surface area contributed by atoms with Crippen LogP contribution in [0.2, 0.25) is 5.02 Å². The van der Waals surface area contributed by atoms with Crippen LogP contribution in [0.3, 0.4) is 0 Å². The van der Waals surface area contributed by atoms with Gasteiger partial charge in [-0.1, -0.05) is 23.7 Å². The fourth-order valence-corrected chi connectivity index (χ4v) is 3.25. The molecule has 28 heavy (non-hydrogen) atoms. The fraction of sp³-hybridized carbons (Fsp3) is 0.333. The van der Waals surface area contributed by atoms with Crippen LogP contribution in [-0.4, -0.2) is 41.9 Å². The molecule has 2 amide bonds. The summed E-state index contributed by atoms with van der Waals surface area (Å²) in [6.07, 6.45) is 0.568. The van der Waals surface area contributed by atoms with Crippen molar-refractivity contribution in [3.63, 3.8) is 0 Å². The number of nitrogens with zero attached hydrogens (tertiary/aromatic N) is 1. The Bertz CT molecular complexity index is 836. The highest BCUT2D eigenvalue weighted by Crippen LogP contribution is 2.18. The predicted octanol–water partition coefficient (Wildman–Crippen LogP) is 3.67. The minimum absolute atomic E-state index is 0.0477.